The Balaban J connectivity index is 1.83. The number of esters is 1. The number of fused-ring (bicyclic) bond motifs is 1. The number of rotatable bonds is 7. The van der Waals surface area contributed by atoms with Gasteiger partial charge in [0.1, 0.15) is 10.6 Å². The van der Waals surface area contributed by atoms with Gasteiger partial charge in [-0.15, -0.1) is 0 Å². The van der Waals surface area contributed by atoms with Gasteiger partial charge in [0.15, 0.2) is 6.61 Å². The van der Waals surface area contributed by atoms with E-state index >= 15 is 0 Å². The third-order valence-corrected chi connectivity index (χ3v) is 6.50. The molecule has 0 aliphatic rings. The number of para-hydroxylation sites is 1. The number of carbonyl (C=O) groups is 2. The van der Waals surface area contributed by atoms with Gasteiger partial charge in [0.2, 0.25) is 15.8 Å². The van der Waals surface area contributed by atoms with E-state index in [0.717, 1.165) is 15.2 Å². The number of H-pyrrole nitrogens is 1. The van der Waals surface area contributed by atoms with Gasteiger partial charge in [0.05, 0.1) is 12.7 Å². The molecule has 0 unspecified atom stereocenters. The van der Waals surface area contributed by atoms with Crippen molar-refractivity contribution in [1.29, 1.82) is 0 Å². The lowest BCUT2D eigenvalue weighted by molar-refractivity contribution is 0.0474. The van der Waals surface area contributed by atoms with Crippen molar-refractivity contribution < 1.29 is 27.5 Å². The molecule has 0 amide bonds. The Morgan fingerprint density at radius 1 is 1.10 bits per heavy atom. The van der Waals surface area contributed by atoms with E-state index in [2.05, 4.69) is 4.98 Å². The van der Waals surface area contributed by atoms with Crippen LogP contribution in [0.3, 0.4) is 0 Å². The van der Waals surface area contributed by atoms with Crippen molar-refractivity contribution in [3.05, 3.63) is 59.3 Å². The Bertz CT molecular complexity index is 1230. The van der Waals surface area contributed by atoms with Gasteiger partial charge in [-0.3, -0.25) is 4.79 Å². The number of methoxy groups -OCH3 is 1. The van der Waals surface area contributed by atoms with Gasteiger partial charge in [-0.2, -0.15) is 0 Å². The topological polar surface area (TPSA) is 106 Å². The highest BCUT2D eigenvalue weighted by Gasteiger charge is 2.25. The van der Waals surface area contributed by atoms with Gasteiger partial charge in [0.25, 0.3) is 0 Å². The molecule has 9 heteroatoms. The molecule has 0 atom stereocenters. The van der Waals surface area contributed by atoms with Gasteiger partial charge >= 0.3 is 5.97 Å². The van der Waals surface area contributed by atoms with Crippen LogP contribution in [-0.2, 0) is 14.8 Å². The molecule has 1 N–H and O–H groups in total. The second kappa shape index (κ2) is 8.29. The summed E-state index contributed by atoms with van der Waals surface area (Å²) in [6.45, 7) is 1.31. The Hall–Kier alpha value is -3.17. The van der Waals surface area contributed by atoms with E-state index in [1.54, 1.807) is 6.92 Å². The Morgan fingerprint density at radius 2 is 1.80 bits per heavy atom. The second-order valence-electron chi connectivity index (χ2n) is 6.82. The van der Waals surface area contributed by atoms with E-state index in [1.165, 1.54) is 39.4 Å². The van der Waals surface area contributed by atoms with E-state index in [0.29, 0.717) is 11.3 Å². The highest BCUT2D eigenvalue weighted by Crippen LogP contribution is 2.27. The van der Waals surface area contributed by atoms with Crippen LogP contribution < -0.4 is 4.74 Å². The van der Waals surface area contributed by atoms with Crippen LogP contribution in [0.1, 0.15) is 26.4 Å². The molecule has 8 nitrogen and oxygen atoms in total. The van der Waals surface area contributed by atoms with Crippen LogP contribution in [0.2, 0.25) is 0 Å². The number of carbonyl (C=O) groups excluding carboxylic acids is 2. The van der Waals surface area contributed by atoms with Crippen molar-refractivity contribution in [2.45, 2.75) is 11.8 Å². The first-order chi connectivity index (χ1) is 14.2. The molecule has 0 saturated carbocycles. The quantitative estimate of drug-likeness (QED) is 0.456. The first-order valence-corrected chi connectivity index (χ1v) is 10.5. The van der Waals surface area contributed by atoms with Gasteiger partial charge in [-0.1, -0.05) is 18.2 Å². The van der Waals surface area contributed by atoms with Crippen LogP contribution in [0, 0.1) is 6.92 Å². The number of Topliss-reactive ketones (excluding diaryl/α,β-unsaturated/α-hetero) is 1. The lowest BCUT2D eigenvalue weighted by atomic mass is 10.1. The number of sulfonamides is 1. The molecular weight excluding hydrogens is 408 g/mol. The zero-order valence-electron chi connectivity index (χ0n) is 17.1. The van der Waals surface area contributed by atoms with Crippen molar-refractivity contribution in [3.8, 4) is 5.75 Å². The molecule has 0 saturated heterocycles. The smallest absolute Gasteiger partial charge is 0.338 e. The van der Waals surface area contributed by atoms with Crippen molar-refractivity contribution in [3.63, 3.8) is 0 Å². The van der Waals surface area contributed by atoms with Crippen LogP contribution in [-0.4, -0.2) is 57.3 Å². The van der Waals surface area contributed by atoms with E-state index in [-0.39, 0.29) is 22.0 Å². The van der Waals surface area contributed by atoms with Crippen molar-refractivity contribution in [2.24, 2.45) is 0 Å². The molecule has 0 aliphatic heterocycles. The first-order valence-electron chi connectivity index (χ1n) is 9.05. The SMILES string of the molecule is COc1ccc(C(=O)OCC(=O)c2c(C)[nH]c3ccccc23)cc1S(=O)(=O)N(C)C. The average Bonchev–Trinajstić information content (AvgIpc) is 3.06. The number of ether oxygens (including phenoxy) is 2. The summed E-state index contributed by atoms with van der Waals surface area (Å²) in [6, 6.07) is 11.3. The molecule has 0 aliphatic carbocycles. The third kappa shape index (κ3) is 3.94. The molecular formula is C21H22N2O6S. The summed E-state index contributed by atoms with van der Waals surface area (Å²) < 4.78 is 36.3. The summed E-state index contributed by atoms with van der Waals surface area (Å²) in [6.07, 6.45) is 0. The van der Waals surface area contributed by atoms with Gasteiger partial charge < -0.3 is 14.5 Å². The normalized spacial score (nSPS) is 11.6. The lowest BCUT2D eigenvalue weighted by Crippen LogP contribution is -2.23. The van der Waals surface area contributed by atoms with Crippen molar-refractivity contribution in [2.75, 3.05) is 27.8 Å². The van der Waals surface area contributed by atoms with Gasteiger partial charge in [0, 0.05) is 36.3 Å². The summed E-state index contributed by atoms with van der Waals surface area (Å²) in [5.41, 5.74) is 1.96. The zero-order valence-corrected chi connectivity index (χ0v) is 17.9. The molecule has 1 heterocycles. The van der Waals surface area contributed by atoms with E-state index in [9.17, 15) is 18.0 Å². The fourth-order valence-corrected chi connectivity index (χ4v) is 4.20. The summed E-state index contributed by atoms with van der Waals surface area (Å²) >= 11 is 0. The Labute approximate surface area is 174 Å². The maximum atomic E-state index is 12.7. The Kier molecular flexibility index (Phi) is 5.95. The standard InChI is InChI=1S/C21H22N2O6S/c1-13-20(15-7-5-6-8-16(15)22-13)17(24)12-29-21(25)14-9-10-18(28-4)19(11-14)30(26,27)23(2)3/h5-11,22H,12H2,1-4H3. The van der Waals surface area contributed by atoms with E-state index < -0.39 is 22.6 Å². The number of benzene rings is 2. The molecule has 0 radical (unpaired) electrons. The average molecular weight is 430 g/mol. The highest BCUT2D eigenvalue weighted by atomic mass is 32.2. The molecule has 0 bridgehead atoms. The van der Waals surface area contributed by atoms with Crippen molar-refractivity contribution >= 4 is 32.7 Å². The van der Waals surface area contributed by atoms with Crippen LogP contribution in [0.15, 0.2) is 47.4 Å². The zero-order chi connectivity index (χ0) is 22.1. The van der Waals surface area contributed by atoms with Crippen LogP contribution in [0.25, 0.3) is 10.9 Å². The molecule has 0 fully saturated rings. The predicted octanol–water partition coefficient (Wildman–Crippen LogP) is 2.77. The van der Waals surface area contributed by atoms with Crippen LogP contribution in [0.4, 0.5) is 0 Å². The molecule has 3 rings (SSSR count). The number of ketones is 1. The number of aromatic nitrogens is 1. The minimum Gasteiger partial charge on any atom is -0.495 e. The van der Waals surface area contributed by atoms with Crippen LogP contribution in [0.5, 0.6) is 5.75 Å². The maximum Gasteiger partial charge on any atom is 0.338 e. The first kappa shape index (κ1) is 21.5. The largest absolute Gasteiger partial charge is 0.495 e. The highest BCUT2D eigenvalue weighted by molar-refractivity contribution is 7.89. The molecule has 0 spiro atoms. The number of aryl methyl sites for hydroxylation is 1. The molecule has 30 heavy (non-hydrogen) atoms. The summed E-state index contributed by atoms with van der Waals surface area (Å²) in [5.74, 6) is -1.06. The Morgan fingerprint density at radius 3 is 2.47 bits per heavy atom. The number of hydrogen-bond acceptors (Lipinski definition) is 6. The summed E-state index contributed by atoms with van der Waals surface area (Å²) in [7, 11) is 0.249. The van der Waals surface area contributed by atoms with Crippen LogP contribution >= 0.6 is 0 Å². The minimum absolute atomic E-state index is 0.000302. The van der Waals surface area contributed by atoms with E-state index in [1.807, 2.05) is 24.3 Å². The fourth-order valence-electron chi connectivity index (χ4n) is 3.12. The van der Waals surface area contributed by atoms with Crippen molar-refractivity contribution in [1.82, 2.24) is 9.29 Å². The number of nitrogens with zero attached hydrogens (tertiary/aromatic N) is 1. The molecule has 1 aromatic heterocycles. The molecule has 158 valence electrons. The van der Waals surface area contributed by atoms with Gasteiger partial charge in [-0.25, -0.2) is 17.5 Å². The fraction of sp³-hybridized carbons (Fsp3) is 0.238. The molecule has 2 aromatic carbocycles. The lowest BCUT2D eigenvalue weighted by Gasteiger charge is -2.15. The number of aromatic amines is 1. The number of nitrogens with one attached hydrogen (secondary N) is 1. The summed E-state index contributed by atoms with van der Waals surface area (Å²) in [4.78, 5) is 28.1. The third-order valence-electron chi connectivity index (χ3n) is 4.66. The monoisotopic (exact) mass is 430 g/mol. The maximum absolute atomic E-state index is 12.7. The predicted molar refractivity (Wildman–Crippen MR) is 112 cm³/mol. The minimum atomic E-state index is -3.84. The number of hydrogen-bond donors (Lipinski definition) is 1. The second-order valence-corrected chi connectivity index (χ2v) is 8.94. The summed E-state index contributed by atoms with van der Waals surface area (Å²) in [5, 5.41) is 0.750. The van der Waals surface area contributed by atoms with E-state index in [4.69, 9.17) is 9.47 Å². The van der Waals surface area contributed by atoms with Gasteiger partial charge in [-0.05, 0) is 31.2 Å². The molecule has 3 aromatic rings.